The van der Waals surface area contributed by atoms with E-state index in [1.807, 2.05) is 73.6 Å². The minimum atomic E-state index is -0.00680. The van der Waals surface area contributed by atoms with Crippen LogP contribution in [0, 0.1) is 34.6 Å². The second kappa shape index (κ2) is 9.06. The van der Waals surface area contributed by atoms with Crippen molar-refractivity contribution in [3.05, 3.63) is 99.6 Å². The Labute approximate surface area is 195 Å². The average Bonchev–Trinajstić information content (AvgIpc) is 3.25. The molecule has 0 unspecified atom stereocenters. The van der Waals surface area contributed by atoms with Gasteiger partial charge in [-0.1, -0.05) is 30.3 Å². The zero-order valence-electron chi connectivity index (χ0n) is 20.3. The highest BCUT2D eigenvalue weighted by atomic mass is 16.2. The van der Waals surface area contributed by atoms with Crippen molar-refractivity contribution in [3.8, 4) is 5.69 Å². The summed E-state index contributed by atoms with van der Waals surface area (Å²) in [5, 5.41) is 9.30. The Morgan fingerprint density at radius 2 is 1.70 bits per heavy atom. The lowest BCUT2D eigenvalue weighted by atomic mass is 10.1. The molecule has 0 fully saturated rings. The van der Waals surface area contributed by atoms with Gasteiger partial charge in [0.15, 0.2) is 0 Å². The number of para-hydroxylation sites is 1. The second-order valence-corrected chi connectivity index (χ2v) is 8.79. The average molecular weight is 442 g/mol. The first-order valence-corrected chi connectivity index (χ1v) is 11.2. The van der Waals surface area contributed by atoms with E-state index in [1.54, 1.807) is 4.90 Å². The van der Waals surface area contributed by atoms with Gasteiger partial charge in [-0.15, -0.1) is 0 Å². The van der Waals surface area contributed by atoms with Crippen molar-refractivity contribution in [2.45, 2.75) is 47.7 Å². The van der Waals surface area contributed by atoms with Crippen LogP contribution in [0.2, 0.25) is 0 Å². The third-order valence-electron chi connectivity index (χ3n) is 6.14. The topological polar surface area (TPSA) is 56.0 Å². The summed E-state index contributed by atoms with van der Waals surface area (Å²) >= 11 is 0. The lowest BCUT2D eigenvalue weighted by Crippen LogP contribution is -2.27. The van der Waals surface area contributed by atoms with E-state index in [-0.39, 0.29) is 5.91 Å². The van der Waals surface area contributed by atoms with E-state index in [2.05, 4.69) is 37.1 Å². The molecule has 6 heteroatoms. The van der Waals surface area contributed by atoms with E-state index in [4.69, 9.17) is 5.10 Å². The van der Waals surface area contributed by atoms with E-state index < -0.39 is 0 Å². The Morgan fingerprint density at radius 1 is 0.939 bits per heavy atom. The molecule has 2 aromatic heterocycles. The molecule has 4 rings (SSSR count). The van der Waals surface area contributed by atoms with Gasteiger partial charge in [0.25, 0.3) is 5.91 Å². The van der Waals surface area contributed by atoms with E-state index in [9.17, 15) is 4.79 Å². The summed E-state index contributed by atoms with van der Waals surface area (Å²) in [6, 6.07) is 18.1. The van der Waals surface area contributed by atoms with E-state index >= 15 is 0 Å². The molecule has 0 saturated carbocycles. The number of benzene rings is 2. The predicted molar refractivity (Wildman–Crippen MR) is 131 cm³/mol. The van der Waals surface area contributed by atoms with Crippen LogP contribution >= 0.6 is 0 Å². The van der Waals surface area contributed by atoms with Gasteiger partial charge in [0.05, 0.1) is 23.6 Å². The number of aryl methyl sites for hydroxylation is 4. The number of hydrogen-bond donors (Lipinski definition) is 0. The van der Waals surface area contributed by atoms with E-state index in [0.717, 1.165) is 39.6 Å². The van der Waals surface area contributed by atoms with Crippen molar-refractivity contribution >= 4 is 5.91 Å². The van der Waals surface area contributed by atoms with Gasteiger partial charge in [0, 0.05) is 36.1 Å². The summed E-state index contributed by atoms with van der Waals surface area (Å²) in [6.45, 7) is 11.3. The van der Waals surface area contributed by atoms with Gasteiger partial charge in [0.2, 0.25) is 0 Å². The lowest BCUT2D eigenvalue weighted by Gasteiger charge is -2.18. The minimum Gasteiger partial charge on any atom is -0.337 e. The fraction of sp³-hybridized carbons (Fsp3) is 0.296. The molecule has 6 nitrogen and oxygen atoms in total. The maximum absolute atomic E-state index is 13.3. The first kappa shape index (κ1) is 22.5. The van der Waals surface area contributed by atoms with Crippen LogP contribution in [-0.4, -0.2) is 37.4 Å². The third-order valence-corrected chi connectivity index (χ3v) is 6.14. The van der Waals surface area contributed by atoms with Crippen LogP contribution in [0.4, 0.5) is 0 Å². The van der Waals surface area contributed by atoms with Crippen molar-refractivity contribution < 1.29 is 4.79 Å². The van der Waals surface area contributed by atoms with Crippen molar-refractivity contribution in [2.24, 2.45) is 0 Å². The maximum atomic E-state index is 13.3. The molecule has 1 amide bonds. The first-order chi connectivity index (χ1) is 15.7. The molecular formula is C27H31N5O. The van der Waals surface area contributed by atoms with Crippen LogP contribution in [0.25, 0.3) is 5.69 Å². The predicted octanol–water partition coefficient (Wildman–Crippen LogP) is 4.93. The van der Waals surface area contributed by atoms with Crippen LogP contribution in [-0.2, 0) is 13.1 Å². The van der Waals surface area contributed by atoms with Gasteiger partial charge in [-0.2, -0.15) is 10.2 Å². The highest BCUT2D eigenvalue weighted by Gasteiger charge is 2.19. The van der Waals surface area contributed by atoms with Crippen molar-refractivity contribution in [2.75, 3.05) is 7.05 Å². The fourth-order valence-corrected chi connectivity index (χ4v) is 4.28. The highest BCUT2D eigenvalue weighted by Crippen LogP contribution is 2.22. The first-order valence-electron chi connectivity index (χ1n) is 11.2. The smallest absolute Gasteiger partial charge is 0.253 e. The van der Waals surface area contributed by atoms with Gasteiger partial charge in [-0.05, 0) is 70.0 Å². The number of carbonyl (C=O) groups is 1. The van der Waals surface area contributed by atoms with Crippen molar-refractivity contribution in [3.63, 3.8) is 0 Å². The number of hydrogen-bond acceptors (Lipinski definition) is 3. The minimum absolute atomic E-state index is 0.00680. The Hall–Kier alpha value is -3.67. The molecule has 0 bridgehead atoms. The molecule has 0 aliphatic heterocycles. The fourth-order valence-electron chi connectivity index (χ4n) is 4.28. The van der Waals surface area contributed by atoms with Crippen molar-refractivity contribution in [1.29, 1.82) is 0 Å². The molecule has 0 radical (unpaired) electrons. The Bertz CT molecular complexity index is 1310. The van der Waals surface area contributed by atoms with Gasteiger partial charge >= 0.3 is 0 Å². The number of nitrogens with zero attached hydrogens (tertiary/aromatic N) is 5. The van der Waals surface area contributed by atoms with Crippen LogP contribution in [0.1, 0.15) is 49.8 Å². The SMILES string of the molecule is Cc1cc(C)n(Cc2cccc(C(=O)N(C)Cc3c(C)nn(-c4ccccc4C)c3C)c2)n1. The largest absolute Gasteiger partial charge is 0.337 e. The molecule has 0 atom stereocenters. The van der Waals surface area contributed by atoms with Crippen molar-refractivity contribution in [1.82, 2.24) is 24.5 Å². The number of carbonyl (C=O) groups excluding carboxylic acids is 1. The molecule has 0 N–H and O–H groups in total. The lowest BCUT2D eigenvalue weighted by molar-refractivity contribution is 0.0784. The molecule has 0 spiro atoms. The number of aromatic nitrogens is 4. The number of rotatable bonds is 6. The monoisotopic (exact) mass is 441 g/mol. The summed E-state index contributed by atoms with van der Waals surface area (Å²) in [5.41, 5.74) is 9.14. The summed E-state index contributed by atoms with van der Waals surface area (Å²) in [4.78, 5) is 15.0. The van der Waals surface area contributed by atoms with E-state index in [1.165, 1.54) is 5.56 Å². The zero-order chi connectivity index (χ0) is 23.7. The van der Waals surface area contributed by atoms with Crippen LogP contribution < -0.4 is 0 Å². The van der Waals surface area contributed by atoms with Crippen LogP contribution in [0.5, 0.6) is 0 Å². The Kier molecular flexibility index (Phi) is 6.18. The van der Waals surface area contributed by atoms with Crippen LogP contribution in [0.3, 0.4) is 0 Å². The van der Waals surface area contributed by atoms with Gasteiger partial charge in [-0.25, -0.2) is 4.68 Å². The van der Waals surface area contributed by atoms with Gasteiger partial charge in [0.1, 0.15) is 0 Å². The summed E-state index contributed by atoms with van der Waals surface area (Å²) in [5.74, 6) is -0.00680. The molecule has 4 aromatic rings. The molecular weight excluding hydrogens is 410 g/mol. The molecule has 2 heterocycles. The maximum Gasteiger partial charge on any atom is 0.253 e. The summed E-state index contributed by atoms with van der Waals surface area (Å²) in [6.07, 6.45) is 0. The molecule has 0 saturated heterocycles. The normalized spacial score (nSPS) is 11.1. The molecule has 33 heavy (non-hydrogen) atoms. The zero-order valence-corrected chi connectivity index (χ0v) is 20.3. The third kappa shape index (κ3) is 4.60. The molecule has 170 valence electrons. The standard InChI is InChI=1S/C27H31N5O/c1-18-10-7-8-13-26(18)32-22(5)25(21(4)29-32)17-30(6)27(33)24-12-9-11-23(15-24)16-31-20(3)14-19(2)28-31/h7-15H,16-17H2,1-6H3. The quantitative estimate of drug-likeness (QED) is 0.426. The molecule has 0 aliphatic carbocycles. The molecule has 2 aromatic carbocycles. The second-order valence-electron chi connectivity index (χ2n) is 8.79. The van der Waals surface area contributed by atoms with E-state index in [0.29, 0.717) is 18.7 Å². The molecule has 0 aliphatic rings. The summed E-state index contributed by atoms with van der Waals surface area (Å²) < 4.78 is 3.95. The van der Waals surface area contributed by atoms with Crippen LogP contribution in [0.15, 0.2) is 54.6 Å². The highest BCUT2D eigenvalue weighted by molar-refractivity contribution is 5.94. The Balaban J connectivity index is 1.54. The summed E-state index contributed by atoms with van der Waals surface area (Å²) in [7, 11) is 1.85. The Morgan fingerprint density at radius 3 is 2.39 bits per heavy atom. The number of amides is 1. The van der Waals surface area contributed by atoms with Gasteiger partial charge in [-0.3, -0.25) is 9.48 Å². The van der Waals surface area contributed by atoms with Gasteiger partial charge < -0.3 is 4.90 Å².